The first-order chi connectivity index (χ1) is 13.0. The van der Waals surface area contributed by atoms with Crippen LogP contribution in [0.25, 0.3) is 0 Å². The van der Waals surface area contributed by atoms with Crippen molar-refractivity contribution in [2.75, 3.05) is 11.9 Å². The van der Waals surface area contributed by atoms with Crippen LogP contribution in [0.15, 0.2) is 42.6 Å². The number of aryl methyl sites for hydroxylation is 4. The average molecular weight is 383 g/mol. The Kier molecular flexibility index (Phi) is 6.24. The van der Waals surface area contributed by atoms with E-state index in [9.17, 15) is 0 Å². The van der Waals surface area contributed by atoms with Crippen molar-refractivity contribution < 1.29 is 0 Å². The monoisotopic (exact) mass is 382 g/mol. The van der Waals surface area contributed by atoms with Gasteiger partial charge in [-0.15, -0.1) is 0 Å². The highest BCUT2D eigenvalue weighted by Crippen LogP contribution is 2.08. The number of anilines is 1. The van der Waals surface area contributed by atoms with E-state index in [2.05, 4.69) is 65.0 Å². The molecule has 3 rings (SSSR count). The van der Waals surface area contributed by atoms with Gasteiger partial charge < -0.3 is 10.6 Å². The molecule has 2 N–H and O–H groups in total. The van der Waals surface area contributed by atoms with Gasteiger partial charge in [0, 0.05) is 31.0 Å². The normalized spacial score (nSPS) is 10.8. The molecule has 3 aromatic rings. The van der Waals surface area contributed by atoms with E-state index < -0.39 is 0 Å². The van der Waals surface area contributed by atoms with Crippen LogP contribution < -0.4 is 10.6 Å². The molecule has 0 aliphatic carbocycles. The summed E-state index contributed by atoms with van der Waals surface area (Å²) in [5, 5.41) is 15.9. The summed E-state index contributed by atoms with van der Waals surface area (Å²) < 4.78 is 3.93. The van der Waals surface area contributed by atoms with Crippen molar-refractivity contribution in [2.45, 2.75) is 40.3 Å². The highest BCUT2D eigenvalue weighted by atomic mass is 32.1. The molecular formula is C20H26N6S. The molecule has 0 fully saturated rings. The Hall–Kier alpha value is -2.67. The van der Waals surface area contributed by atoms with Gasteiger partial charge in [-0.25, -0.2) is 0 Å². The molecule has 0 bridgehead atoms. The van der Waals surface area contributed by atoms with Gasteiger partial charge in [-0.3, -0.25) is 9.36 Å². The van der Waals surface area contributed by atoms with Gasteiger partial charge in [-0.1, -0.05) is 29.8 Å². The summed E-state index contributed by atoms with van der Waals surface area (Å²) in [5.41, 5.74) is 4.72. The number of nitrogens with zero attached hydrogens (tertiary/aromatic N) is 4. The maximum Gasteiger partial charge on any atom is 0.171 e. The van der Waals surface area contributed by atoms with Crippen LogP contribution in [0.5, 0.6) is 0 Å². The Balaban J connectivity index is 1.41. The van der Waals surface area contributed by atoms with Crippen LogP contribution in [-0.2, 0) is 13.1 Å². The zero-order chi connectivity index (χ0) is 19.2. The summed E-state index contributed by atoms with van der Waals surface area (Å²) in [7, 11) is 0. The minimum atomic E-state index is 0.587. The second-order valence-corrected chi connectivity index (χ2v) is 7.18. The van der Waals surface area contributed by atoms with Crippen molar-refractivity contribution in [1.29, 1.82) is 0 Å². The molecule has 0 radical (unpaired) electrons. The Labute approximate surface area is 165 Å². The molecule has 0 spiro atoms. The Morgan fingerprint density at radius 3 is 2.56 bits per heavy atom. The third-order valence-electron chi connectivity index (χ3n) is 4.28. The van der Waals surface area contributed by atoms with Crippen LogP contribution in [0.2, 0.25) is 0 Å². The van der Waals surface area contributed by atoms with Gasteiger partial charge in [0.05, 0.1) is 12.2 Å². The second-order valence-electron chi connectivity index (χ2n) is 6.77. The van der Waals surface area contributed by atoms with Gasteiger partial charge in [0.1, 0.15) is 0 Å². The minimum absolute atomic E-state index is 0.587. The lowest BCUT2D eigenvalue weighted by Gasteiger charge is -2.09. The molecule has 27 heavy (non-hydrogen) atoms. The molecule has 0 saturated heterocycles. The first kappa shape index (κ1) is 19.1. The predicted molar refractivity (Wildman–Crippen MR) is 113 cm³/mol. The quantitative estimate of drug-likeness (QED) is 0.484. The number of aromatic nitrogens is 4. The first-order valence-electron chi connectivity index (χ1n) is 9.14. The summed E-state index contributed by atoms with van der Waals surface area (Å²) >= 11 is 5.36. The third-order valence-corrected chi connectivity index (χ3v) is 4.53. The van der Waals surface area contributed by atoms with Crippen molar-refractivity contribution in [3.63, 3.8) is 0 Å². The topological polar surface area (TPSA) is 59.7 Å². The summed E-state index contributed by atoms with van der Waals surface area (Å²) in [6, 6.07) is 12.5. The molecule has 2 aromatic heterocycles. The van der Waals surface area contributed by atoms with E-state index >= 15 is 0 Å². The lowest BCUT2D eigenvalue weighted by Crippen LogP contribution is -2.30. The van der Waals surface area contributed by atoms with Gasteiger partial charge in [-0.05, 0) is 51.0 Å². The minimum Gasteiger partial charge on any atom is -0.362 e. The maximum atomic E-state index is 5.36. The van der Waals surface area contributed by atoms with Gasteiger partial charge in [-0.2, -0.15) is 10.2 Å². The van der Waals surface area contributed by atoms with E-state index in [-0.39, 0.29) is 0 Å². The average Bonchev–Trinajstić information content (AvgIpc) is 3.19. The fraction of sp³-hybridized carbons (Fsp3) is 0.350. The molecule has 0 aliphatic rings. The van der Waals surface area contributed by atoms with Gasteiger partial charge in [0.2, 0.25) is 0 Å². The van der Waals surface area contributed by atoms with E-state index in [1.165, 1.54) is 16.8 Å². The highest BCUT2D eigenvalue weighted by molar-refractivity contribution is 7.80. The predicted octanol–water partition coefficient (Wildman–Crippen LogP) is 3.43. The number of thiocarbonyl (C=S) groups is 1. The fourth-order valence-corrected chi connectivity index (χ4v) is 3.10. The molecule has 1 aromatic carbocycles. The van der Waals surface area contributed by atoms with Crippen LogP contribution >= 0.6 is 12.2 Å². The third kappa shape index (κ3) is 5.65. The Morgan fingerprint density at radius 2 is 1.85 bits per heavy atom. The van der Waals surface area contributed by atoms with Gasteiger partial charge >= 0.3 is 0 Å². The lowest BCUT2D eigenvalue weighted by atomic mass is 10.1. The summed E-state index contributed by atoms with van der Waals surface area (Å²) in [6.45, 7) is 8.58. The van der Waals surface area contributed by atoms with Gasteiger partial charge in [0.25, 0.3) is 0 Å². The van der Waals surface area contributed by atoms with Crippen LogP contribution in [0.3, 0.4) is 0 Å². The number of rotatable bonds is 7. The number of hydrogen-bond acceptors (Lipinski definition) is 3. The molecule has 0 amide bonds. The van der Waals surface area contributed by atoms with Crippen molar-refractivity contribution in [3.8, 4) is 0 Å². The van der Waals surface area contributed by atoms with Gasteiger partial charge in [0.15, 0.2) is 10.9 Å². The van der Waals surface area contributed by atoms with Crippen molar-refractivity contribution in [1.82, 2.24) is 24.9 Å². The molecule has 0 aliphatic heterocycles. The zero-order valence-electron chi connectivity index (χ0n) is 16.1. The number of benzene rings is 1. The molecule has 6 nitrogen and oxygen atoms in total. The van der Waals surface area contributed by atoms with E-state index in [1.807, 2.05) is 28.6 Å². The first-order valence-corrected chi connectivity index (χ1v) is 9.55. The van der Waals surface area contributed by atoms with Crippen molar-refractivity contribution >= 4 is 23.1 Å². The highest BCUT2D eigenvalue weighted by Gasteiger charge is 2.04. The van der Waals surface area contributed by atoms with Crippen LogP contribution in [0.4, 0.5) is 5.82 Å². The summed E-state index contributed by atoms with van der Waals surface area (Å²) in [5.74, 6) is 0.748. The Bertz CT molecular complexity index is 894. The van der Waals surface area contributed by atoms with Crippen molar-refractivity contribution in [3.05, 3.63) is 65.1 Å². The van der Waals surface area contributed by atoms with E-state index in [0.717, 1.165) is 37.6 Å². The standard InChI is InChI=1S/C20H26N6S/c1-15-5-7-18(8-6-15)14-25-12-9-19(24-25)22-20(27)21-10-4-11-26-17(3)13-16(2)23-26/h5-9,12-13H,4,10-11,14H2,1-3H3,(H2,21,22,24,27). The number of hydrogen-bond donors (Lipinski definition) is 2. The number of nitrogens with one attached hydrogen (secondary N) is 2. The molecule has 7 heteroatoms. The summed E-state index contributed by atoms with van der Waals surface area (Å²) in [6.07, 6.45) is 2.90. The molecule has 0 unspecified atom stereocenters. The Morgan fingerprint density at radius 1 is 1.07 bits per heavy atom. The molecule has 0 saturated carbocycles. The molecule has 2 heterocycles. The lowest BCUT2D eigenvalue weighted by molar-refractivity contribution is 0.558. The smallest absolute Gasteiger partial charge is 0.171 e. The van der Waals surface area contributed by atoms with Crippen LogP contribution in [0.1, 0.15) is 28.9 Å². The summed E-state index contributed by atoms with van der Waals surface area (Å²) in [4.78, 5) is 0. The van der Waals surface area contributed by atoms with E-state index in [0.29, 0.717) is 5.11 Å². The zero-order valence-corrected chi connectivity index (χ0v) is 16.9. The molecular weight excluding hydrogens is 356 g/mol. The fourth-order valence-electron chi connectivity index (χ4n) is 2.89. The SMILES string of the molecule is Cc1ccc(Cn2ccc(NC(=S)NCCCn3nc(C)cc3C)n2)cc1. The van der Waals surface area contributed by atoms with Crippen LogP contribution in [-0.4, -0.2) is 31.2 Å². The second kappa shape index (κ2) is 8.81. The molecule has 0 atom stereocenters. The van der Waals surface area contributed by atoms with E-state index in [4.69, 9.17) is 12.2 Å². The van der Waals surface area contributed by atoms with E-state index in [1.54, 1.807) is 0 Å². The van der Waals surface area contributed by atoms with Crippen LogP contribution in [0, 0.1) is 20.8 Å². The van der Waals surface area contributed by atoms with Crippen molar-refractivity contribution in [2.24, 2.45) is 0 Å². The largest absolute Gasteiger partial charge is 0.362 e. The maximum absolute atomic E-state index is 5.36. The molecule has 142 valence electrons.